The lowest BCUT2D eigenvalue weighted by Crippen LogP contribution is -2.28. The molecule has 0 bridgehead atoms. The first-order valence-electron chi connectivity index (χ1n) is 8.25. The van der Waals surface area contributed by atoms with Crippen LogP contribution in [-0.4, -0.2) is 37.0 Å². The number of carbonyl (C=O) groups excluding carboxylic acids is 1. The molecule has 0 aromatic carbocycles. The van der Waals surface area contributed by atoms with E-state index in [9.17, 15) is 4.79 Å². The van der Waals surface area contributed by atoms with Crippen molar-refractivity contribution in [3.63, 3.8) is 0 Å². The zero-order valence-corrected chi connectivity index (χ0v) is 12.9. The molecule has 1 N–H and O–H groups in total. The van der Waals surface area contributed by atoms with Crippen LogP contribution in [0, 0.1) is 5.92 Å². The maximum absolute atomic E-state index is 11.8. The largest absolute Gasteiger partial charge is 0.356 e. The summed E-state index contributed by atoms with van der Waals surface area (Å²) in [5, 5.41) is 3.08. The quantitative estimate of drug-likeness (QED) is 0.651. The first-order chi connectivity index (χ1) is 9.26. The molecule has 112 valence electrons. The van der Waals surface area contributed by atoms with Crippen molar-refractivity contribution < 1.29 is 4.79 Å². The summed E-state index contributed by atoms with van der Waals surface area (Å²) in [6.45, 7) is 8.68. The van der Waals surface area contributed by atoms with Crippen LogP contribution in [-0.2, 0) is 4.79 Å². The van der Waals surface area contributed by atoms with Gasteiger partial charge in [-0.1, -0.05) is 33.1 Å². The third-order valence-electron chi connectivity index (χ3n) is 4.32. The maximum Gasteiger partial charge on any atom is 0.220 e. The zero-order valence-electron chi connectivity index (χ0n) is 12.9. The Balaban J connectivity index is 1.97. The Morgan fingerprint density at radius 3 is 2.42 bits per heavy atom. The van der Waals surface area contributed by atoms with Crippen molar-refractivity contribution in [2.75, 3.05) is 26.2 Å². The normalized spacial score (nSPS) is 16.8. The molecule has 3 heteroatoms. The molecule has 0 aliphatic heterocycles. The smallest absolute Gasteiger partial charge is 0.220 e. The molecule has 1 aliphatic rings. The predicted octanol–water partition coefficient (Wildman–Crippen LogP) is 3.20. The molecule has 1 amide bonds. The van der Waals surface area contributed by atoms with Gasteiger partial charge in [-0.3, -0.25) is 4.79 Å². The highest BCUT2D eigenvalue weighted by molar-refractivity contribution is 5.76. The molecule has 1 saturated carbocycles. The summed E-state index contributed by atoms with van der Waals surface area (Å²) in [6, 6.07) is 0. The molecule has 0 aromatic rings. The van der Waals surface area contributed by atoms with Crippen LogP contribution in [0.15, 0.2) is 0 Å². The fraction of sp³-hybridized carbons (Fsp3) is 0.938. The number of nitrogens with one attached hydrogen (secondary N) is 1. The Hall–Kier alpha value is -0.570. The van der Waals surface area contributed by atoms with Gasteiger partial charge < -0.3 is 10.2 Å². The maximum atomic E-state index is 11.8. The van der Waals surface area contributed by atoms with Crippen molar-refractivity contribution in [2.45, 2.75) is 65.2 Å². The molecule has 0 saturated heterocycles. The zero-order chi connectivity index (χ0) is 13.9. The van der Waals surface area contributed by atoms with Gasteiger partial charge >= 0.3 is 0 Å². The van der Waals surface area contributed by atoms with E-state index in [-0.39, 0.29) is 5.91 Å². The number of unbranched alkanes of at least 4 members (excludes halogenated alkanes) is 1. The van der Waals surface area contributed by atoms with Gasteiger partial charge in [0.25, 0.3) is 0 Å². The Morgan fingerprint density at radius 1 is 1.11 bits per heavy atom. The minimum Gasteiger partial charge on any atom is -0.356 e. The first kappa shape index (κ1) is 16.5. The van der Waals surface area contributed by atoms with Gasteiger partial charge in [0.15, 0.2) is 0 Å². The second kappa shape index (κ2) is 10.2. The van der Waals surface area contributed by atoms with Crippen LogP contribution in [0.3, 0.4) is 0 Å². The van der Waals surface area contributed by atoms with E-state index >= 15 is 0 Å². The second-order valence-corrected chi connectivity index (χ2v) is 5.79. The minimum absolute atomic E-state index is 0.273. The van der Waals surface area contributed by atoms with Crippen LogP contribution < -0.4 is 5.32 Å². The van der Waals surface area contributed by atoms with Crippen molar-refractivity contribution in [3.8, 4) is 0 Å². The highest BCUT2D eigenvalue weighted by atomic mass is 16.1. The van der Waals surface area contributed by atoms with E-state index in [4.69, 9.17) is 0 Å². The van der Waals surface area contributed by atoms with Gasteiger partial charge in [-0.2, -0.15) is 0 Å². The Morgan fingerprint density at radius 2 is 1.79 bits per heavy atom. The van der Waals surface area contributed by atoms with E-state index in [1.165, 1.54) is 38.5 Å². The lowest BCUT2D eigenvalue weighted by atomic mass is 9.87. The standard InChI is InChI=1S/C16H32N2O/c1-3-18(4-2)13-9-8-12-17-16(19)14-15-10-6-5-7-11-15/h15H,3-14H2,1-2H3,(H,17,19). The summed E-state index contributed by atoms with van der Waals surface area (Å²) in [6.07, 6.45) is 9.58. The van der Waals surface area contributed by atoms with Crippen LogP contribution >= 0.6 is 0 Å². The highest BCUT2D eigenvalue weighted by Crippen LogP contribution is 2.25. The van der Waals surface area contributed by atoms with Gasteiger partial charge in [-0.05, 0) is 51.2 Å². The Bertz CT molecular complexity index is 233. The van der Waals surface area contributed by atoms with Crippen molar-refractivity contribution >= 4 is 5.91 Å². The molecule has 1 rings (SSSR count). The molecule has 0 radical (unpaired) electrons. The number of nitrogens with zero attached hydrogens (tertiary/aromatic N) is 1. The monoisotopic (exact) mass is 268 g/mol. The SMILES string of the molecule is CCN(CC)CCCCNC(=O)CC1CCCCC1. The molecular weight excluding hydrogens is 236 g/mol. The highest BCUT2D eigenvalue weighted by Gasteiger charge is 2.16. The van der Waals surface area contributed by atoms with E-state index in [1.54, 1.807) is 0 Å². The van der Waals surface area contributed by atoms with E-state index in [1.807, 2.05) is 0 Å². The summed E-state index contributed by atoms with van der Waals surface area (Å²) in [5.41, 5.74) is 0. The first-order valence-corrected chi connectivity index (χ1v) is 8.25. The average molecular weight is 268 g/mol. The molecule has 1 fully saturated rings. The molecule has 3 nitrogen and oxygen atoms in total. The molecule has 1 aliphatic carbocycles. The number of hydrogen-bond acceptors (Lipinski definition) is 2. The van der Waals surface area contributed by atoms with E-state index in [0.717, 1.165) is 39.0 Å². The van der Waals surface area contributed by atoms with E-state index in [2.05, 4.69) is 24.1 Å². The van der Waals surface area contributed by atoms with Crippen LogP contribution in [0.25, 0.3) is 0 Å². The molecule has 0 atom stereocenters. The van der Waals surface area contributed by atoms with Gasteiger partial charge in [0.2, 0.25) is 5.91 Å². The molecule has 0 heterocycles. The topological polar surface area (TPSA) is 32.3 Å². The molecule has 0 unspecified atom stereocenters. The predicted molar refractivity (Wildman–Crippen MR) is 81.2 cm³/mol. The summed E-state index contributed by atoms with van der Waals surface area (Å²) >= 11 is 0. The number of rotatable bonds is 9. The average Bonchev–Trinajstić information content (AvgIpc) is 2.44. The molecule has 0 spiro atoms. The minimum atomic E-state index is 0.273. The third kappa shape index (κ3) is 7.56. The van der Waals surface area contributed by atoms with Crippen molar-refractivity contribution in [1.82, 2.24) is 10.2 Å². The summed E-state index contributed by atoms with van der Waals surface area (Å²) in [7, 11) is 0. The van der Waals surface area contributed by atoms with Gasteiger partial charge in [0, 0.05) is 13.0 Å². The van der Waals surface area contributed by atoms with Crippen LogP contribution in [0.1, 0.15) is 65.2 Å². The lowest BCUT2D eigenvalue weighted by molar-refractivity contribution is -0.122. The summed E-state index contributed by atoms with van der Waals surface area (Å²) < 4.78 is 0. The van der Waals surface area contributed by atoms with Crippen molar-refractivity contribution in [3.05, 3.63) is 0 Å². The number of amides is 1. The second-order valence-electron chi connectivity index (χ2n) is 5.79. The molecule has 19 heavy (non-hydrogen) atoms. The van der Waals surface area contributed by atoms with E-state index in [0.29, 0.717) is 5.92 Å². The van der Waals surface area contributed by atoms with Gasteiger partial charge in [-0.15, -0.1) is 0 Å². The number of hydrogen-bond donors (Lipinski definition) is 1. The van der Waals surface area contributed by atoms with Crippen molar-refractivity contribution in [2.24, 2.45) is 5.92 Å². The molecule has 0 aromatic heterocycles. The van der Waals surface area contributed by atoms with Crippen molar-refractivity contribution in [1.29, 1.82) is 0 Å². The van der Waals surface area contributed by atoms with Gasteiger partial charge in [0.05, 0.1) is 0 Å². The van der Waals surface area contributed by atoms with Gasteiger partial charge in [0.1, 0.15) is 0 Å². The van der Waals surface area contributed by atoms with E-state index < -0.39 is 0 Å². The number of carbonyl (C=O) groups is 1. The fourth-order valence-corrected chi connectivity index (χ4v) is 2.95. The van der Waals surface area contributed by atoms with Crippen LogP contribution in [0.5, 0.6) is 0 Å². The van der Waals surface area contributed by atoms with Crippen LogP contribution in [0.2, 0.25) is 0 Å². The summed E-state index contributed by atoms with van der Waals surface area (Å²) in [4.78, 5) is 14.2. The Kier molecular flexibility index (Phi) is 8.89. The third-order valence-corrected chi connectivity index (χ3v) is 4.32. The lowest BCUT2D eigenvalue weighted by Gasteiger charge is -2.21. The van der Waals surface area contributed by atoms with Gasteiger partial charge in [-0.25, -0.2) is 0 Å². The van der Waals surface area contributed by atoms with Crippen LogP contribution in [0.4, 0.5) is 0 Å². The Labute approximate surface area is 119 Å². The summed E-state index contributed by atoms with van der Waals surface area (Å²) in [5.74, 6) is 0.930. The fourth-order valence-electron chi connectivity index (χ4n) is 2.95. The molecular formula is C16H32N2O.